The first-order valence-corrected chi connectivity index (χ1v) is 8.60. The predicted octanol–water partition coefficient (Wildman–Crippen LogP) is 4.61. The van der Waals surface area contributed by atoms with E-state index in [9.17, 15) is 10.1 Å². The number of methoxy groups -OCH3 is 1. The molecule has 0 atom stereocenters. The number of nitrogens with zero attached hydrogens (tertiary/aromatic N) is 1. The maximum absolute atomic E-state index is 10.8. The van der Waals surface area contributed by atoms with Crippen LogP contribution in [-0.4, -0.2) is 18.6 Å². The number of ether oxygens (including phenoxy) is 2. The highest BCUT2D eigenvalue weighted by Crippen LogP contribution is 2.34. The highest BCUT2D eigenvalue weighted by atomic mass is 127. The molecular weight excluding hydrogens is 423 g/mol. The number of nitro benzene ring substituents is 1. The van der Waals surface area contributed by atoms with Crippen LogP contribution in [0.5, 0.6) is 11.5 Å². The lowest BCUT2D eigenvalue weighted by molar-refractivity contribution is -0.384. The van der Waals surface area contributed by atoms with E-state index in [0.717, 1.165) is 21.3 Å². The van der Waals surface area contributed by atoms with Gasteiger partial charge in [-0.15, -0.1) is 0 Å². The molecule has 7 heteroatoms. The van der Waals surface area contributed by atoms with Crippen molar-refractivity contribution in [1.82, 2.24) is 0 Å². The van der Waals surface area contributed by atoms with Gasteiger partial charge in [-0.05, 0) is 52.8 Å². The minimum Gasteiger partial charge on any atom is -0.493 e. The van der Waals surface area contributed by atoms with E-state index in [-0.39, 0.29) is 5.69 Å². The summed E-state index contributed by atoms with van der Waals surface area (Å²) in [7, 11) is 1.61. The smallest absolute Gasteiger partial charge is 0.271 e. The SMILES string of the molecule is CCCOc1c(I)cc(CNc2cccc([N+](=O)[O-])c2)cc1OC. The maximum atomic E-state index is 10.8. The van der Waals surface area contributed by atoms with Crippen LogP contribution in [0.3, 0.4) is 0 Å². The molecule has 0 saturated carbocycles. The topological polar surface area (TPSA) is 73.6 Å². The maximum Gasteiger partial charge on any atom is 0.271 e. The standard InChI is InChI=1S/C17H19IN2O4/c1-3-7-24-17-15(18)8-12(9-16(17)23-2)11-19-13-5-4-6-14(10-13)20(21)22/h4-6,8-10,19H,3,7,11H2,1-2H3. The van der Waals surface area contributed by atoms with Gasteiger partial charge in [0, 0.05) is 24.4 Å². The van der Waals surface area contributed by atoms with E-state index in [4.69, 9.17) is 9.47 Å². The van der Waals surface area contributed by atoms with Gasteiger partial charge in [-0.1, -0.05) is 13.0 Å². The normalized spacial score (nSPS) is 10.3. The van der Waals surface area contributed by atoms with Gasteiger partial charge in [-0.25, -0.2) is 0 Å². The van der Waals surface area contributed by atoms with Crippen LogP contribution in [0.15, 0.2) is 36.4 Å². The Morgan fingerprint density at radius 1 is 1.29 bits per heavy atom. The molecule has 128 valence electrons. The molecule has 0 bridgehead atoms. The van der Waals surface area contributed by atoms with Crippen LogP contribution in [0.2, 0.25) is 0 Å². The second kappa shape index (κ2) is 8.72. The first-order valence-electron chi connectivity index (χ1n) is 7.52. The van der Waals surface area contributed by atoms with Crippen molar-refractivity contribution in [1.29, 1.82) is 0 Å². The number of non-ortho nitro benzene ring substituents is 1. The highest BCUT2D eigenvalue weighted by Gasteiger charge is 2.12. The number of hydrogen-bond acceptors (Lipinski definition) is 5. The average molecular weight is 442 g/mol. The summed E-state index contributed by atoms with van der Waals surface area (Å²) in [6, 6.07) is 10.4. The van der Waals surface area contributed by atoms with E-state index < -0.39 is 4.92 Å². The number of rotatable bonds is 8. The highest BCUT2D eigenvalue weighted by molar-refractivity contribution is 14.1. The van der Waals surface area contributed by atoms with Crippen LogP contribution < -0.4 is 14.8 Å². The van der Waals surface area contributed by atoms with Gasteiger partial charge in [0.25, 0.3) is 5.69 Å². The molecule has 0 aromatic heterocycles. The molecule has 0 spiro atoms. The van der Waals surface area contributed by atoms with Gasteiger partial charge in [-0.3, -0.25) is 10.1 Å². The average Bonchev–Trinajstić information content (AvgIpc) is 2.58. The second-order valence-electron chi connectivity index (χ2n) is 5.12. The zero-order valence-electron chi connectivity index (χ0n) is 13.5. The van der Waals surface area contributed by atoms with E-state index in [2.05, 4.69) is 34.8 Å². The molecule has 0 amide bonds. The lowest BCUT2D eigenvalue weighted by Gasteiger charge is -2.14. The molecule has 0 saturated heterocycles. The molecule has 0 radical (unpaired) electrons. The van der Waals surface area contributed by atoms with Gasteiger partial charge in [0.05, 0.1) is 22.2 Å². The first-order chi connectivity index (χ1) is 11.5. The summed E-state index contributed by atoms with van der Waals surface area (Å²) in [5.74, 6) is 1.44. The quantitative estimate of drug-likeness (QED) is 0.367. The van der Waals surface area contributed by atoms with E-state index in [1.807, 2.05) is 12.1 Å². The first kappa shape index (κ1) is 18.3. The van der Waals surface area contributed by atoms with Crippen LogP contribution in [0, 0.1) is 13.7 Å². The summed E-state index contributed by atoms with van der Waals surface area (Å²) >= 11 is 2.22. The zero-order valence-corrected chi connectivity index (χ0v) is 15.7. The molecule has 0 aliphatic heterocycles. The van der Waals surface area contributed by atoms with Gasteiger partial charge >= 0.3 is 0 Å². The number of nitro groups is 1. The monoisotopic (exact) mass is 442 g/mol. The fraction of sp³-hybridized carbons (Fsp3) is 0.294. The summed E-state index contributed by atoms with van der Waals surface area (Å²) in [6.45, 7) is 3.22. The Balaban J connectivity index is 2.14. The van der Waals surface area contributed by atoms with Gasteiger partial charge < -0.3 is 14.8 Å². The second-order valence-corrected chi connectivity index (χ2v) is 6.28. The summed E-state index contributed by atoms with van der Waals surface area (Å²) in [4.78, 5) is 10.4. The van der Waals surface area contributed by atoms with E-state index in [1.54, 1.807) is 19.2 Å². The van der Waals surface area contributed by atoms with Crippen molar-refractivity contribution in [2.24, 2.45) is 0 Å². The van der Waals surface area contributed by atoms with Gasteiger partial charge in [-0.2, -0.15) is 0 Å². The molecular formula is C17H19IN2O4. The number of anilines is 1. The summed E-state index contributed by atoms with van der Waals surface area (Å²) in [5, 5.41) is 14.0. The molecule has 0 unspecified atom stereocenters. The summed E-state index contributed by atoms with van der Waals surface area (Å²) in [6.07, 6.45) is 0.926. The molecule has 2 rings (SSSR count). The fourth-order valence-electron chi connectivity index (χ4n) is 2.15. The molecule has 1 N–H and O–H groups in total. The summed E-state index contributed by atoms with van der Waals surface area (Å²) < 4.78 is 12.1. The Bertz CT molecular complexity index is 722. The molecule has 24 heavy (non-hydrogen) atoms. The van der Waals surface area contributed by atoms with Crippen LogP contribution in [0.1, 0.15) is 18.9 Å². The van der Waals surface area contributed by atoms with Gasteiger partial charge in [0.2, 0.25) is 0 Å². The van der Waals surface area contributed by atoms with Crippen LogP contribution >= 0.6 is 22.6 Å². The number of hydrogen-bond donors (Lipinski definition) is 1. The minimum atomic E-state index is -0.406. The van der Waals surface area contributed by atoms with Crippen LogP contribution in [0.4, 0.5) is 11.4 Å². The van der Waals surface area contributed by atoms with Gasteiger partial charge in [0.15, 0.2) is 11.5 Å². The molecule has 0 aliphatic carbocycles. The third-order valence-corrected chi connectivity index (χ3v) is 4.09. The van der Waals surface area contributed by atoms with Crippen LogP contribution in [-0.2, 0) is 6.54 Å². The van der Waals surface area contributed by atoms with Crippen molar-refractivity contribution in [3.05, 3.63) is 55.6 Å². The largest absolute Gasteiger partial charge is 0.493 e. The number of benzene rings is 2. The molecule has 2 aromatic rings. The van der Waals surface area contributed by atoms with Crippen molar-refractivity contribution >= 4 is 34.0 Å². The van der Waals surface area contributed by atoms with E-state index in [0.29, 0.717) is 24.6 Å². The number of nitrogens with one attached hydrogen (secondary N) is 1. The molecule has 6 nitrogen and oxygen atoms in total. The zero-order chi connectivity index (χ0) is 17.5. The summed E-state index contributed by atoms with van der Waals surface area (Å²) in [5.41, 5.74) is 1.77. The van der Waals surface area contributed by atoms with Crippen molar-refractivity contribution < 1.29 is 14.4 Å². The molecule has 0 aliphatic rings. The third-order valence-electron chi connectivity index (χ3n) is 3.29. The minimum absolute atomic E-state index is 0.0653. The fourth-order valence-corrected chi connectivity index (χ4v) is 2.97. The number of halogens is 1. The van der Waals surface area contributed by atoms with Crippen LogP contribution in [0.25, 0.3) is 0 Å². The molecule has 0 fully saturated rings. The van der Waals surface area contributed by atoms with E-state index in [1.165, 1.54) is 12.1 Å². The van der Waals surface area contributed by atoms with Crippen molar-refractivity contribution in [3.63, 3.8) is 0 Å². The Hall–Kier alpha value is -2.03. The van der Waals surface area contributed by atoms with Crippen molar-refractivity contribution in [2.45, 2.75) is 19.9 Å². The Kier molecular flexibility index (Phi) is 6.65. The Morgan fingerprint density at radius 2 is 2.08 bits per heavy atom. The van der Waals surface area contributed by atoms with E-state index >= 15 is 0 Å². The Labute approximate surface area is 154 Å². The predicted molar refractivity (Wildman–Crippen MR) is 102 cm³/mol. The van der Waals surface area contributed by atoms with Crippen molar-refractivity contribution in [3.8, 4) is 11.5 Å². The molecule has 0 heterocycles. The lowest BCUT2D eigenvalue weighted by Crippen LogP contribution is -2.04. The van der Waals surface area contributed by atoms with Crippen molar-refractivity contribution in [2.75, 3.05) is 19.0 Å². The Morgan fingerprint density at radius 3 is 2.75 bits per heavy atom. The lowest BCUT2D eigenvalue weighted by atomic mass is 10.2. The van der Waals surface area contributed by atoms with Gasteiger partial charge in [0.1, 0.15) is 0 Å². The molecule has 2 aromatic carbocycles. The third kappa shape index (κ3) is 4.73.